The molecule has 0 radical (unpaired) electrons. The number of hydrogen-bond acceptors (Lipinski definition) is 11. The molecule has 1 aromatic rings. The number of fused-ring (bicyclic) bond motifs is 1. The average Bonchev–Trinajstić information content (AvgIpc) is 3.02. The van der Waals surface area contributed by atoms with E-state index in [-0.39, 0.29) is 0 Å². The quantitative estimate of drug-likeness (QED) is 0.206. The third kappa shape index (κ3) is 12.0. The van der Waals surface area contributed by atoms with Crippen LogP contribution in [0.15, 0.2) is 0 Å². The first-order valence-electron chi connectivity index (χ1n) is 12.4. The van der Waals surface area contributed by atoms with E-state index < -0.39 is 5.41 Å². The summed E-state index contributed by atoms with van der Waals surface area (Å²) in [5.41, 5.74) is -0.442. The molecule has 0 aromatic carbocycles. The van der Waals surface area contributed by atoms with Gasteiger partial charge in [0.2, 0.25) is 0 Å². The molecular formula is C25H44O10S. The van der Waals surface area contributed by atoms with Crippen molar-refractivity contribution >= 4 is 11.3 Å². The third-order valence-corrected chi connectivity index (χ3v) is 6.35. The Hall–Kier alpha value is -1.02. The molecule has 0 unspecified atom stereocenters. The van der Waals surface area contributed by atoms with Gasteiger partial charge in [-0.3, -0.25) is 0 Å². The van der Waals surface area contributed by atoms with Crippen molar-refractivity contribution in [2.45, 2.75) is 13.8 Å². The molecule has 1 aromatic heterocycles. The van der Waals surface area contributed by atoms with Gasteiger partial charge in [0.15, 0.2) is 11.5 Å². The van der Waals surface area contributed by atoms with Crippen molar-refractivity contribution < 1.29 is 47.4 Å². The Balaban J connectivity index is 1.71. The van der Waals surface area contributed by atoms with Crippen molar-refractivity contribution in [2.24, 2.45) is 5.41 Å². The van der Waals surface area contributed by atoms with Gasteiger partial charge < -0.3 is 47.4 Å². The van der Waals surface area contributed by atoms with E-state index in [1.54, 1.807) is 25.6 Å². The largest absolute Gasteiger partial charge is 0.488 e. The summed E-state index contributed by atoms with van der Waals surface area (Å²) < 4.78 is 56.2. The van der Waals surface area contributed by atoms with Crippen molar-refractivity contribution in [3.63, 3.8) is 0 Å². The summed E-state index contributed by atoms with van der Waals surface area (Å²) in [5.74, 6) is 1.65. The first-order chi connectivity index (χ1) is 17.6. The summed E-state index contributed by atoms with van der Waals surface area (Å²) in [6.45, 7) is 12.1. The van der Waals surface area contributed by atoms with E-state index in [0.29, 0.717) is 106 Å². The Bertz CT molecular complexity index is 630. The van der Waals surface area contributed by atoms with Gasteiger partial charge >= 0.3 is 0 Å². The van der Waals surface area contributed by atoms with Crippen molar-refractivity contribution in [2.75, 3.05) is 120 Å². The summed E-state index contributed by atoms with van der Waals surface area (Å²) >= 11 is 1.68. The monoisotopic (exact) mass is 536 g/mol. The van der Waals surface area contributed by atoms with Crippen LogP contribution in [0.3, 0.4) is 0 Å². The van der Waals surface area contributed by atoms with Crippen molar-refractivity contribution in [1.82, 2.24) is 0 Å². The predicted molar refractivity (Wildman–Crippen MR) is 136 cm³/mol. The average molecular weight is 537 g/mol. The molecule has 0 fully saturated rings. The molecule has 10 nitrogen and oxygen atoms in total. The Kier molecular flexibility index (Phi) is 16.6. The molecule has 2 rings (SSSR count). The molecule has 210 valence electrons. The normalized spacial score (nSPS) is 14.8. The van der Waals surface area contributed by atoms with Gasteiger partial charge in [-0.15, -0.1) is 11.3 Å². The molecule has 2 heterocycles. The van der Waals surface area contributed by atoms with Crippen LogP contribution in [0.4, 0.5) is 0 Å². The van der Waals surface area contributed by atoms with Gasteiger partial charge in [0.25, 0.3) is 0 Å². The van der Waals surface area contributed by atoms with Gasteiger partial charge in [0, 0.05) is 24.0 Å². The molecule has 1 aliphatic rings. The molecule has 0 N–H and O–H groups in total. The third-order valence-electron chi connectivity index (χ3n) is 5.37. The van der Waals surface area contributed by atoms with Crippen LogP contribution in [0.1, 0.15) is 9.75 Å². The predicted octanol–water partition coefficient (Wildman–Crippen LogP) is 2.51. The maximum atomic E-state index is 6.21. The zero-order chi connectivity index (χ0) is 25.9. The molecule has 0 atom stereocenters. The van der Waals surface area contributed by atoms with Crippen LogP contribution < -0.4 is 9.47 Å². The minimum atomic E-state index is -0.442. The van der Waals surface area contributed by atoms with Gasteiger partial charge in [-0.25, -0.2) is 0 Å². The second-order valence-electron chi connectivity index (χ2n) is 8.49. The fourth-order valence-corrected chi connectivity index (χ4v) is 4.37. The summed E-state index contributed by atoms with van der Waals surface area (Å²) in [5, 5.41) is 0. The number of aryl methyl sites for hydroxylation is 2. The Morgan fingerprint density at radius 1 is 0.556 bits per heavy atom. The van der Waals surface area contributed by atoms with Crippen LogP contribution in [0.2, 0.25) is 0 Å². The van der Waals surface area contributed by atoms with E-state index in [1.165, 1.54) is 0 Å². The van der Waals surface area contributed by atoms with Crippen molar-refractivity contribution in [3.05, 3.63) is 9.75 Å². The minimum absolute atomic E-state index is 0.431. The van der Waals surface area contributed by atoms with Crippen LogP contribution in [0.25, 0.3) is 0 Å². The van der Waals surface area contributed by atoms with E-state index >= 15 is 0 Å². The van der Waals surface area contributed by atoms with Crippen LogP contribution >= 0.6 is 11.3 Å². The summed E-state index contributed by atoms with van der Waals surface area (Å²) in [4.78, 5) is 2.23. The lowest BCUT2D eigenvalue weighted by molar-refractivity contribution is -0.0782. The van der Waals surface area contributed by atoms with Crippen LogP contribution in [0.5, 0.6) is 11.5 Å². The summed E-state index contributed by atoms with van der Waals surface area (Å²) in [7, 11) is 3.30. The Morgan fingerprint density at radius 3 is 1.25 bits per heavy atom. The molecule has 0 aliphatic carbocycles. The minimum Gasteiger partial charge on any atom is -0.488 e. The number of rotatable bonds is 22. The maximum absolute atomic E-state index is 6.21. The number of ether oxygens (including phenoxy) is 10. The standard InChI is InChI=1S/C25H44O10S/c1-21-23-24(22(2)36-21)35-20-25(19-34-23,17-32-15-13-30-11-9-28-7-5-26-3)18-33-16-14-31-12-10-29-8-6-27-4/h5-20H2,1-4H3. The van der Waals surface area contributed by atoms with Gasteiger partial charge in [-0.2, -0.15) is 0 Å². The second-order valence-corrected chi connectivity index (χ2v) is 9.92. The first-order valence-corrected chi connectivity index (χ1v) is 13.2. The second kappa shape index (κ2) is 19.1. The van der Waals surface area contributed by atoms with E-state index in [4.69, 9.17) is 47.4 Å². The summed E-state index contributed by atoms with van der Waals surface area (Å²) in [6.07, 6.45) is 0. The van der Waals surface area contributed by atoms with Gasteiger partial charge in [0.05, 0.1) is 97.9 Å². The Morgan fingerprint density at radius 2 is 0.889 bits per heavy atom. The van der Waals surface area contributed by atoms with Crippen molar-refractivity contribution in [1.29, 1.82) is 0 Å². The highest BCUT2D eigenvalue weighted by molar-refractivity contribution is 7.12. The molecule has 0 amide bonds. The van der Waals surface area contributed by atoms with Gasteiger partial charge in [0.1, 0.15) is 13.2 Å². The number of methoxy groups -OCH3 is 2. The molecular weight excluding hydrogens is 492 g/mol. The van der Waals surface area contributed by atoms with E-state index in [9.17, 15) is 0 Å². The molecule has 11 heteroatoms. The topological polar surface area (TPSA) is 92.3 Å². The lowest BCUT2D eigenvalue weighted by atomic mass is 9.92. The fourth-order valence-electron chi connectivity index (χ4n) is 3.42. The SMILES string of the molecule is COCCOCCOCCOCC1(COCCOCCOCCOC)COc2c(C)sc(C)c2OC1. The molecule has 0 spiro atoms. The van der Waals surface area contributed by atoms with Crippen molar-refractivity contribution in [3.8, 4) is 11.5 Å². The number of thiophene rings is 1. The molecule has 1 aliphatic heterocycles. The number of hydrogen-bond donors (Lipinski definition) is 0. The van der Waals surface area contributed by atoms with Crippen LogP contribution in [0, 0.1) is 19.3 Å². The highest BCUT2D eigenvalue weighted by Crippen LogP contribution is 2.44. The highest BCUT2D eigenvalue weighted by atomic mass is 32.1. The van der Waals surface area contributed by atoms with Gasteiger partial charge in [-0.1, -0.05) is 0 Å². The maximum Gasteiger partial charge on any atom is 0.175 e. The van der Waals surface area contributed by atoms with Crippen LogP contribution in [-0.4, -0.2) is 120 Å². The molecule has 0 bridgehead atoms. The fraction of sp³-hybridized carbons (Fsp3) is 0.840. The highest BCUT2D eigenvalue weighted by Gasteiger charge is 2.37. The van der Waals surface area contributed by atoms with Crippen LogP contribution in [-0.2, 0) is 37.9 Å². The van der Waals surface area contributed by atoms with E-state index in [1.807, 2.05) is 13.8 Å². The molecule has 0 saturated heterocycles. The summed E-state index contributed by atoms with van der Waals surface area (Å²) in [6, 6.07) is 0. The first kappa shape index (κ1) is 31.2. The lowest BCUT2D eigenvalue weighted by Gasteiger charge is -2.30. The van der Waals surface area contributed by atoms with E-state index in [2.05, 4.69) is 0 Å². The smallest absolute Gasteiger partial charge is 0.175 e. The van der Waals surface area contributed by atoms with Gasteiger partial charge in [-0.05, 0) is 13.8 Å². The van der Waals surface area contributed by atoms with E-state index in [0.717, 1.165) is 21.3 Å². The molecule has 0 saturated carbocycles. The lowest BCUT2D eigenvalue weighted by Crippen LogP contribution is -2.43. The molecule has 36 heavy (non-hydrogen) atoms. The Labute approximate surface area is 219 Å². The zero-order valence-electron chi connectivity index (χ0n) is 22.3. The zero-order valence-corrected chi connectivity index (χ0v) is 23.1.